The summed E-state index contributed by atoms with van der Waals surface area (Å²) in [5.74, 6) is -0.696. The van der Waals surface area contributed by atoms with Crippen LogP contribution in [0.15, 0.2) is 71.8 Å². The maximum Gasteiger partial charge on any atom is 0.154 e. The van der Waals surface area contributed by atoms with Crippen LogP contribution < -0.4 is 10.2 Å². The van der Waals surface area contributed by atoms with E-state index in [1.54, 1.807) is 25.1 Å². The van der Waals surface area contributed by atoms with Crippen molar-refractivity contribution in [3.05, 3.63) is 83.6 Å². The summed E-state index contributed by atoms with van der Waals surface area (Å²) in [6, 6.07) is 13.5. The largest absolute Gasteiger partial charge is 0.505 e. The molecule has 1 atom stereocenters. The molecular formula is C24H26FN5O. The van der Waals surface area contributed by atoms with Crippen LogP contribution in [-0.4, -0.2) is 42.3 Å². The fourth-order valence-electron chi connectivity index (χ4n) is 3.54. The molecule has 2 heterocycles. The average molecular weight is 420 g/mol. The third-order valence-electron chi connectivity index (χ3n) is 5.10. The van der Waals surface area contributed by atoms with Crippen molar-refractivity contribution in [2.45, 2.75) is 13.0 Å². The highest BCUT2D eigenvalue weighted by Gasteiger charge is 2.24. The van der Waals surface area contributed by atoms with Gasteiger partial charge in [-0.05, 0) is 31.3 Å². The number of benzene rings is 1. The predicted molar refractivity (Wildman–Crippen MR) is 125 cm³/mol. The first kappa shape index (κ1) is 22.1. The number of aliphatic hydroxyl groups excluding tert-OH is 1. The molecule has 1 aromatic heterocycles. The molecule has 1 aliphatic rings. The van der Waals surface area contributed by atoms with Crippen molar-refractivity contribution in [1.82, 2.24) is 10.3 Å². The van der Waals surface area contributed by atoms with Gasteiger partial charge in [0.1, 0.15) is 17.3 Å². The molecule has 0 amide bonds. The van der Waals surface area contributed by atoms with Crippen molar-refractivity contribution < 1.29 is 9.50 Å². The molecule has 0 radical (unpaired) electrons. The Morgan fingerprint density at radius 1 is 1.32 bits per heavy atom. The summed E-state index contributed by atoms with van der Waals surface area (Å²) in [6.07, 6.45) is 3.17. The van der Waals surface area contributed by atoms with E-state index in [1.807, 2.05) is 18.2 Å². The number of aromatic nitrogens is 1. The minimum Gasteiger partial charge on any atom is -0.505 e. The van der Waals surface area contributed by atoms with E-state index in [4.69, 9.17) is 5.41 Å². The highest BCUT2D eigenvalue weighted by atomic mass is 19.1. The maximum atomic E-state index is 14.1. The van der Waals surface area contributed by atoms with Gasteiger partial charge in [-0.15, -0.1) is 0 Å². The van der Waals surface area contributed by atoms with Gasteiger partial charge < -0.3 is 15.3 Å². The van der Waals surface area contributed by atoms with Gasteiger partial charge >= 0.3 is 0 Å². The molecule has 1 fully saturated rings. The van der Waals surface area contributed by atoms with E-state index < -0.39 is 5.83 Å². The Morgan fingerprint density at radius 3 is 2.71 bits per heavy atom. The number of piperazine rings is 1. The summed E-state index contributed by atoms with van der Waals surface area (Å²) in [5.41, 5.74) is 1.35. The minimum atomic E-state index is -0.721. The van der Waals surface area contributed by atoms with Crippen LogP contribution in [0.3, 0.4) is 0 Å². The van der Waals surface area contributed by atoms with Crippen LogP contribution in [0, 0.1) is 5.41 Å². The number of aliphatic imine (C=N–C) groups is 1. The van der Waals surface area contributed by atoms with Crippen molar-refractivity contribution >= 4 is 30.0 Å². The van der Waals surface area contributed by atoms with Gasteiger partial charge in [0.25, 0.3) is 0 Å². The summed E-state index contributed by atoms with van der Waals surface area (Å²) in [4.78, 5) is 10.2. The lowest BCUT2D eigenvalue weighted by Crippen LogP contribution is -2.46. The fourth-order valence-corrected chi connectivity index (χ4v) is 3.54. The normalized spacial score (nSPS) is 17.4. The quantitative estimate of drug-likeness (QED) is 0.274. The van der Waals surface area contributed by atoms with E-state index in [-0.39, 0.29) is 34.5 Å². The Kier molecular flexibility index (Phi) is 7.10. The van der Waals surface area contributed by atoms with E-state index in [0.29, 0.717) is 18.9 Å². The second-order valence-corrected chi connectivity index (χ2v) is 7.10. The van der Waals surface area contributed by atoms with Crippen LogP contribution in [0.1, 0.15) is 29.8 Å². The topological polar surface area (TPSA) is 84.6 Å². The minimum absolute atomic E-state index is 0.0151. The van der Waals surface area contributed by atoms with Gasteiger partial charge in [0, 0.05) is 31.2 Å². The first-order chi connectivity index (χ1) is 15.0. The molecule has 3 N–H and O–H groups in total. The molecular weight excluding hydrogens is 393 g/mol. The van der Waals surface area contributed by atoms with Crippen LogP contribution in [0.5, 0.6) is 0 Å². The Balaban J connectivity index is 2.03. The first-order valence-corrected chi connectivity index (χ1v) is 9.97. The average Bonchev–Trinajstić information content (AvgIpc) is 2.81. The number of pyridine rings is 1. The molecule has 3 rings (SSSR count). The molecule has 0 unspecified atom stereocenters. The zero-order valence-electron chi connectivity index (χ0n) is 17.5. The number of hydrogen-bond donors (Lipinski definition) is 3. The van der Waals surface area contributed by atoms with Crippen molar-refractivity contribution in [1.29, 1.82) is 5.41 Å². The maximum absolute atomic E-state index is 14.1. The van der Waals surface area contributed by atoms with E-state index in [0.717, 1.165) is 6.54 Å². The molecule has 0 spiro atoms. The second kappa shape index (κ2) is 9.95. The monoisotopic (exact) mass is 419 g/mol. The van der Waals surface area contributed by atoms with E-state index in [9.17, 15) is 9.50 Å². The SMILES string of the molecule is C=NC(=N)C(/C=C\C)=C(O)c1nc(N2CCN[C@H](c3ccccc3)C2)ccc1C(=C)F. The van der Waals surface area contributed by atoms with Gasteiger partial charge in [-0.2, -0.15) is 0 Å². The van der Waals surface area contributed by atoms with Gasteiger partial charge in [-0.1, -0.05) is 49.1 Å². The van der Waals surface area contributed by atoms with Gasteiger partial charge in [-0.3, -0.25) is 5.41 Å². The summed E-state index contributed by atoms with van der Waals surface area (Å²) in [7, 11) is 0. The summed E-state index contributed by atoms with van der Waals surface area (Å²) < 4.78 is 14.1. The predicted octanol–water partition coefficient (Wildman–Crippen LogP) is 4.70. The smallest absolute Gasteiger partial charge is 0.154 e. The van der Waals surface area contributed by atoms with Crippen molar-refractivity contribution in [3.8, 4) is 0 Å². The third kappa shape index (κ3) is 4.95. The zero-order chi connectivity index (χ0) is 22.4. The van der Waals surface area contributed by atoms with Crippen molar-refractivity contribution in [2.24, 2.45) is 4.99 Å². The summed E-state index contributed by atoms with van der Waals surface area (Å²) in [6.45, 7) is 10.6. The third-order valence-corrected chi connectivity index (χ3v) is 5.10. The number of aliphatic hydroxyl groups is 1. The van der Waals surface area contributed by atoms with Gasteiger partial charge in [0.2, 0.25) is 0 Å². The van der Waals surface area contributed by atoms with Gasteiger partial charge in [0.15, 0.2) is 11.6 Å². The fraction of sp³-hybridized carbons (Fsp3) is 0.208. The highest BCUT2D eigenvalue weighted by molar-refractivity contribution is 6.06. The van der Waals surface area contributed by atoms with E-state index in [1.165, 1.54) is 11.6 Å². The van der Waals surface area contributed by atoms with Crippen LogP contribution in [-0.2, 0) is 0 Å². The van der Waals surface area contributed by atoms with Crippen LogP contribution >= 0.6 is 0 Å². The summed E-state index contributed by atoms with van der Waals surface area (Å²) in [5, 5.41) is 22.4. The lowest BCUT2D eigenvalue weighted by molar-refractivity contribution is 0.469. The lowest BCUT2D eigenvalue weighted by atomic mass is 10.0. The highest BCUT2D eigenvalue weighted by Crippen LogP contribution is 2.29. The Hall–Kier alpha value is -3.58. The Labute approximate surface area is 181 Å². The molecule has 1 aliphatic heterocycles. The molecule has 6 nitrogen and oxygen atoms in total. The van der Waals surface area contributed by atoms with Crippen molar-refractivity contribution in [2.75, 3.05) is 24.5 Å². The van der Waals surface area contributed by atoms with E-state index >= 15 is 0 Å². The number of nitrogens with one attached hydrogen (secondary N) is 2. The van der Waals surface area contributed by atoms with Gasteiger partial charge in [-0.25, -0.2) is 14.4 Å². The molecule has 1 saturated heterocycles. The molecule has 0 aliphatic carbocycles. The van der Waals surface area contributed by atoms with Crippen LogP contribution in [0.25, 0.3) is 11.6 Å². The van der Waals surface area contributed by atoms with Gasteiger partial charge in [0.05, 0.1) is 5.57 Å². The molecule has 2 aromatic rings. The van der Waals surface area contributed by atoms with Crippen LogP contribution in [0.4, 0.5) is 10.2 Å². The molecule has 0 saturated carbocycles. The summed E-state index contributed by atoms with van der Waals surface area (Å²) >= 11 is 0. The molecule has 7 heteroatoms. The lowest BCUT2D eigenvalue weighted by Gasteiger charge is -2.35. The standard InChI is InChI=1S/C24H26FN5O/c1-4-8-19(24(26)27-3)23(31)22-18(16(2)25)11-12-21(29-22)30-14-13-28-20(15-30)17-9-6-5-7-10-17/h4-12,20,26,28,31H,2-3,13-15H2,1H3/b8-4-,23-19?,26-24?/t20-/m0/s1. The number of nitrogens with zero attached hydrogens (tertiary/aromatic N) is 3. The number of allylic oxidation sites excluding steroid dienone is 1. The molecule has 1 aromatic carbocycles. The first-order valence-electron chi connectivity index (χ1n) is 9.97. The molecule has 160 valence electrons. The number of rotatable bonds is 6. The molecule has 31 heavy (non-hydrogen) atoms. The number of hydrogen-bond acceptors (Lipinski definition) is 5. The number of anilines is 1. The second-order valence-electron chi connectivity index (χ2n) is 7.10. The number of amidine groups is 1. The number of halogens is 1. The van der Waals surface area contributed by atoms with Crippen molar-refractivity contribution in [3.63, 3.8) is 0 Å². The van der Waals surface area contributed by atoms with Crippen LogP contribution in [0.2, 0.25) is 0 Å². The zero-order valence-corrected chi connectivity index (χ0v) is 17.5. The Bertz CT molecular complexity index is 1050. The van der Waals surface area contributed by atoms with E-state index in [2.05, 4.69) is 45.6 Å². The molecule has 0 bridgehead atoms. The Morgan fingerprint density at radius 2 is 2.06 bits per heavy atom.